The standard InChI is InChI=1S/C11H9F2NO3S/c1-7(15)18-4-2-3-8-5-9(12)6-10(13)11(8)14(16)17/h2-3,5-6H,4H2,1H3. The largest absolute Gasteiger partial charge is 0.312 e. The summed E-state index contributed by atoms with van der Waals surface area (Å²) in [5.41, 5.74) is -0.942. The molecule has 0 fully saturated rings. The van der Waals surface area contributed by atoms with Crippen LogP contribution in [0.5, 0.6) is 0 Å². The number of carbonyl (C=O) groups is 1. The third-order valence-corrected chi connectivity index (χ3v) is 2.69. The molecule has 18 heavy (non-hydrogen) atoms. The van der Waals surface area contributed by atoms with Crippen molar-refractivity contribution in [2.75, 3.05) is 5.75 Å². The van der Waals surface area contributed by atoms with E-state index in [1.54, 1.807) is 0 Å². The zero-order valence-corrected chi connectivity index (χ0v) is 10.2. The van der Waals surface area contributed by atoms with Crippen molar-refractivity contribution in [1.82, 2.24) is 0 Å². The van der Waals surface area contributed by atoms with Gasteiger partial charge in [0.15, 0.2) is 5.12 Å². The van der Waals surface area contributed by atoms with Crippen LogP contribution in [0.25, 0.3) is 6.08 Å². The van der Waals surface area contributed by atoms with Gasteiger partial charge in [0.1, 0.15) is 5.82 Å². The van der Waals surface area contributed by atoms with Crippen LogP contribution in [0.4, 0.5) is 14.5 Å². The van der Waals surface area contributed by atoms with E-state index in [1.807, 2.05) is 0 Å². The first-order valence-corrected chi connectivity index (χ1v) is 5.83. The monoisotopic (exact) mass is 273 g/mol. The summed E-state index contributed by atoms with van der Waals surface area (Å²) in [5, 5.41) is 10.5. The van der Waals surface area contributed by atoms with Gasteiger partial charge in [0.2, 0.25) is 5.82 Å². The number of nitro benzene ring substituents is 1. The summed E-state index contributed by atoms with van der Waals surface area (Å²) < 4.78 is 26.2. The average Bonchev–Trinajstić information content (AvgIpc) is 2.22. The van der Waals surface area contributed by atoms with Gasteiger partial charge < -0.3 is 0 Å². The second kappa shape index (κ2) is 6.25. The van der Waals surface area contributed by atoms with Gasteiger partial charge in [-0.25, -0.2) is 4.39 Å². The maximum Gasteiger partial charge on any atom is 0.312 e. The van der Waals surface area contributed by atoms with E-state index in [0.717, 1.165) is 17.8 Å². The molecule has 0 unspecified atom stereocenters. The number of rotatable bonds is 4. The summed E-state index contributed by atoms with van der Waals surface area (Å²) in [7, 11) is 0. The molecule has 0 atom stereocenters. The topological polar surface area (TPSA) is 60.2 Å². The smallest absolute Gasteiger partial charge is 0.288 e. The lowest BCUT2D eigenvalue weighted by Gasteiger charge is -1.99. The van der Waals surface area contributed by atoms with E-state index in [9.17, 15) is 23.7 Å². The number of thioether (sulfide) groups is 1. The Kier molecular flexibility index (Phi) is 4.96. The number of hydrogen-bond acceptors (Lipinski definition) is 4. The van der Waals surface area contributed by atoms with Crippen molar-refractivity contribution in [3.63, 3.8) is 0 Å². The summed E-state index contributed by atoms with van der Waals surface area (Å²) >= 11 is 0.990. The van der Waals surface area contributed by atoms with Gasteiger partial charge in [-0.3, -0.25) is 14.9 Å². The van der Waals surface area contributed by atoms with Crippen LogP contribution < -0.4 is 0 Å². The fraction of sp³-hybridized carbons (Fsp3) is 0.182. The van der Waals surface area contributed by atoms with Gasteiger partial charge in [-0.2, -0.15) is 4.39 Å². The Hall–Kier alpha value is -1.76. The molecule has 0 aliphatic carbocycles. The quantitative estimate of drug-likeness (QED) is 0.624. The fourth-order valence-corrected chi connectivity index (χ4v) is 1.67. The number of nitrogens with zero attached hydrogens (tertiary/aromatic N) is 1. The molecule has 0 aliphatic heterocycles. The van der Waals surface area contributed by atoms with Crippen LogP contribution in [-0.2, 0) is 4.79 Å². The molecule has 0 aromatic heterocycles. The van der Waals surface area contributed by atoms with Crippen molar-refractivity contribution < 1.29 is 18.5 Å². The van der Waals surface area contributed by atoms with Gasteiger partial charge in [0, 0.05) is 18.7 Å². The van der Waals surface area contributed by atoms with Gasteiger partial charge in [-0.05, 0) is 6.07 Å². The molecule has 0 saturated heterocycles. The first kappa shape index (κ1) is 14.3. The van der Waals surface area contributed by atoms with Gasteiger partial charge in [0.25, 0.3) is 0 Å². The Bertz CT molecular complexity index is 517. The van der Waals surface area contributed by atoms with Crippen LogP contribution in [0.15, 0.2) is 18.2 Å². The van der Waals surface area contributed by atoms with Crippen molar-refractivity contribution in [2.45, 2.75) is 6.92 Å². The Labute approximate surface area is 106 Å². The number of nitro groups is 1. The molecule has 0 N–H and O–H groups in total. The first-order valence-electron chi connectivity index (χ1n) is 4.85. The highest BCUT2D eigenvalue weighted by Crippen LogP contribution is 2.25. The van der Waals surface area contributed by atoms with Crippen molar-refractivity contribution in [3.8, 4) is 0 Å². The average molecular weight is 273 g/mol. The van der Waals surface area contributed by atoms with Crippen LogP contribution >= 0.6 is 11.8 Å². The third-order valence-electron chi connectivity index (χ3n) is 1.92. The van der Waals surface area contributed by atoms with Gasteiger partial charge in [0.05, 0.1) is 10.5 Å². The molecule has 0 bridgehead atoms. The summed E-state index contributed by atoms with van der Waals surface area (Å²) in [6.45, 7) is 1.38. The fourth-order valence-electron chi connectivity index (χ4n) is 1.25. The molecule has 0 saturated carbocycles. The predicted octanol–water partition coefficient (Wildman–Crippen LogP) is 3.17. The predicted molar refractivity (Wildman–Crippen MR) is 65.2 cm³/mol. The summed E-state index contributed by atoms with van der Waals surface area (Å²) in [6.07, 6.45) is 2.66. The number of benzene rings is 1. The molecule has 0 heterocycles. The normalized spacial score (nSPS) is 10.8. The number of carbonyl (C=O) groups excluding carboxylic acids is 1. The highest BCUT2D eigenvalue weighted by molar-refractivity contribution is 8.13. The molecule has 0 spiro atoms. The van der Waals surface area contributed by atoms with E-state index >= 15 is 0 Å². The molecule has 1 aromatic rings. The molecule has 0 aliphatic rings. The van der Waals surface area contributed by atoms with Gasteiger partial charge >= 0.3 is 5.69 Å². The molecule has 1 aromatic carbocycles. The Balaban J connectivity index is 3.00. The van der Waals surface area contributed by atoms with Crippen LogP contribution in [0.1, 0.15) is 12.5 Å². The zero-order chi connectivity index (χ0) is 13.7. The molecule has 0 amide bonds. The Morgan fingerprint density at radius 1 is 1.50 bits per heavy atom. The summed E-state index contributed by atoms with van der Waals surface area (Å²) in [4.78, 5) is 20.4. The highest BCUT2D eigenvalue weighted by Gasteiger charge is 2.19. The maximum absolute atomic E-state index is 13.2. The van der Waals surface area contributed by atoms with E-state index in [1.165, 1.54) is 19.1 Å². The maximum atomic E-state index is 13.2. The second-order valence-corrected chi connectivity index (χ2v) is 4.48. The van der Waals surface area contributed by atoms with Crippen molar-refractivity contribution >= 4 is 28.6 Å². The van der Waals surface area contributed by atoms with Crippen LogP contribution in [0.3, 0.4) is 0 Å². The molecule has 1 rings (SSSR count). The highest BCUT2D eigenvalue weighted by atomic mass is 32.2. The van der Waals surface area contributed by atoms with Crippen molar-refractivity contribution in [3.05, 3.63) is 45.5 Å². The Morgan fingerprint density at radius 2 is 2.17 bits per heavy atom. The van der Waals surface area contributed by atoms with Gasteiger partial charge in [-0.15, -0.1) is 0 Å². The molecule has 7 heteroatoms. The van der Waals surface area contributed by atoms with Crippen molar-refractivity contribution in [2.24, 2.45) is 0 Å². The number of halogens is 2. The Morgan fingerprint density at radius 3 is 2.72 bits per heavy atom. The molecule has 0 radical (unpaired) electrons. The molecule has 4 nitrogen and oxygen atoms in total. The minimum Gasteiger partial charge on any atom is -0.288 e. The van der Waals surface area contributed by atoms with Crippen molar-refractivity contribution in [1.29, 1.82) is 0 Å². The molecular formula is C11H9F2NO3S. The molecule has 96 valence electrons. The lowest BCUT2D eigenvalue weighted by molar-refractivity contribution is -0.387. The first-order chi connectivity index (χ1) is 8.41. The van der Waals surface area contributed by atoms with E-state index in [2.05, 4.69) is 0 Å². The number of hydrogen-bond donors (Lipinski definition) is 0. The molecular weight excluding hydrogens is 264 g/mol. The lowest BCUT2D eigenvalue weighted by atomic mass is 10.1. The lowest BCUT2D eigenvalue weighted by Crippen LogP contribution is -1.97. The third kappa shape index (κ3) is 3.92. The van der Waals surface area contributed by atoms with Crippen LogP contribution in [0.2, 0.25) is 0 Å². The second-order valence-electron chi connectivity index (χ2n) is 3.29. The minimum atomic E-state index is -1.22. The SMILES string of the molecule is CC(=O)SCC=Cc1cc(F)cc(F)c1[N+](=O)[O-]. The summed E-state index contributed by atoms with van der Waals surface area (Å²) in [5.74, 6) is -1.83. The van der Waals surface area contributed by atoms with Crippen LogP contribution in [0, 0.1) is 21.7 Å². The van der Waals surface area contributed by atoms with E-state index in [4.69, 9.17) is 0 Å². The minimum absolute atomic E-state index is 0.112. The summed E-state index contributed by atoms with van der Waals surface area (Å²) in [6, 6.07) is 1.33. The van der Waals surface area contributed by atoms with E-state index < -0.39 is 22.2 Å². The van der Waals surface area contributed by atoms with E-state index in [-0.39, 0.29) is 16.4 Å². The zero-order valence-electron chi connectivity index (χ0n) is 9.35. The van der Waals surface area contributed by atoms with E-state index in [0.29, 0.717) is 6.07 Å². The van der Waals surface area contributed by atoms with Gasteiger partial charge in [-0.1, -0.05) is 23.9 Å². The van der Waals surface area contributed by atoms with Crippen LogP contribution in [-0.4, -0.2) is 15.8 Å².